The topological polar surface area (TPSA) is 68.0 Å². The number of nitrogens with two attached hydrogens (primary N) is 1. The van der Waals surface area contributed by atoms with Crippen molar-refractivity contribution in [2.24, 2.45) is 0 Å². The summed E-state index contributed by atoms with van der Waals surface area (Å²) in [4.78, 5) is 15.9. The van der Waals surface area contributed by atoms with Gasteiger partial charge in [-0.3, -0.25) is 0 Å². The summed E-state index contributed by atoms with van der Waals surface area (Å²) in [6.07, 6.45) is 1.26. The first-order valence-corrected chi connectivity index (χ1v) is 9.64. The van der Waals surface area contributed by atoms with E-state index in [4.69, 9.17) is 15.2 Å². The molecule has 1 aromatic rings. The highest BCUT2D eigenvalue weighted by Gasteiger charge is 2.28. The van der Waals surface area contributed by atoms with Gasteiger partial charge in [-0.2, -0.15) is 0 Å². The van der Waals surface area contributed by atoms with Crippen LogP contribution in [0.15, 0.2) is 12.1 Å². The molecule has 0 aliphatic carbocycles. The first-order chi connectivity index (χ1) is 12.7. The maximum Gasteiger partial charge on any atom is 0.410 e. The van der Waals surface area contributed by atoms with Crippen molar-refractivity contribution in [2.45, 2.75) is 45.1 Å². The number of morpholine rings is 1. The Kier molecular flexibility index (Phi) is 5.79. The van der Waals surface area contributed by atoms with Crippen molar-refractivity contribution >= 4 is 17.5 Å². The van der Waals surface area contributed by atoms with Gasteiger partial charge in [0.1, 0.15) is 11.4 Å². The van der Waals surface area contributed by atoms with Gasteiger partial charge in [-0.1, -0.05) is 0 Å². The quantitative estimate of drug-likeness (QED) is 0.798. The van der Waals surface area contributed by atoms with Crippen molar-refractivity contribution < 1.29 is 18.7 Å². The molecule has 2 fully saturated rings. The number of benzene rings is 1. The van der Waals surface area contributed by atoms with Gasteiger partial charge in [0.15, 0.2) is 0 Å². The van der Waals surface area contributed by atoms with Crippen LogP contribution in [-0.2, 0) is 9.47 Å². The Morgan fingerprint density at radius 1 is 1.19 bits per heavy atom. The van der Waals surface area contributed by atoms with E-state index in [9.17, 15) is 9.18 Å². The SMILES string of the molecule is CC(C)(C)OC(=O)N1CCC(c2cc(N)c(N3CCOCC3)c(F)c2)CC1. The van der Waals surface area contributed by atoms with Crippen molar-refractivity contribution in [2.75, 3.05) is 50.0 Å². The minimum Gasteiger partial charge on any atom is -0.444 e. The lowest BCUT2D eigenvalue weighted by Gasteiger charge is -2.34. The fraction of sp³-hybridized carbons (Fsp3) is 0.650. The number of halogens is 1. The molecular weight excluding hydrogens is 349 g/mol. The van der Waals surface area contributed by atoms with Crippen molar-refractivity contribution in [3.8, 4) is 0 Å². The highest BCUT2D eigenvalue weighted by molar-refractivity contribution is 5.70. The zero-order valence-corrected chi connectivity index (χ0v) is 16.5. The maximum atomic E-state index is 14.8. The van der Waals surface area contributed by atoms with Gasteiger partial charge < -0.3 is 25.0 Å². The Bertz CT molecular complexity index is 653. The fourth-order valence-corrected chi connectivity index (χ4v) is 3.72. The minimum absolute atomic E-state index is 0.194. The predicted octanol–water partition coefficient (Wildman–Crippen LogP) is 3.36. The number of carbonyl (C=O) groups is 1. The Morgan fingerprint density at radius 3 is 2.37 bits per heavy atom. The van der Waals surface area contributed by atoms with E-state index in [0.29, 0.717) is 50.8 Å². The Balaban J connectivity index is 1.65. The molecule has 0 aromatic heterocycles. The normalized spacial score (nSPS) is 19.3. The summed E-state index contributed by atoms with van der Waals surface area (Å²) in [5.74, 6) is -0.0827. The molecule has 7 heteroatoms. The van der Waals surface area contributed by atoms with Gasteiger partial charge in [0.05, 0.1) is 24.6 Å². The van der Waals surface area contributed by atoms with Crippen LogP contribution in [0.1, 0.15) is 45.1 Å². The fourth-order valence-electron chi connectivity index (χ4n) is 3.72. The molecule has 27 heavy (non-hydrogen) atoms. The van der Waals surface area contributed by atoms with Crippen LogP contribution >= 0.6 is 0 Å². The van der Waals surface area contributed by atoms with Crippen LogP contribution in [0.4, 0.5) is 20.6 Å². The highest BCUT2D eigenvalue weighted by atomic mass is 19.1. The van der Waals surface area contributed by atoms with Crippen molar-refractivity contribution in [1.82, 2.24) is 4.90 Å². The largest absolute Gasteiger partial charge is 0.444 e. The summed E-state index contributed by atoms with van der Waals surface area (Å²) in [7, 11) is 0. The Labute approximate surface area is 160 Å². The summed E-state index contributed by atoms with van der Waals surface area (Å²) in [5, 5.41) is 0. The second-order valence-electron chi connectivity index (χ2n) is 8.28. The Hall–Kier alpha value is -2.02. The second kappa shape index (κ2) is 7.92. The van der Waals surface area contributed by atoms with Crippen LogP contribution in [0.3, 0.4) is 0 Å². The predicted molar refractivity (Wildman–Crippen MR) is 104 cm³/mol. The number of piperidine rings is 1. The molecule has 3 rings (SSSR count). The number of ether oxygens (including phenoxy) is 2. The molecule has 2 N–H and O–H groups in total. The molecule has 2 heterocycles. The monoisotopic (exact) mass is 379 g/mol. The zero-order valence-electron chi connectivity index (χ0n) is 16.5. The van der Waals surface area contributed by atoms with Crippen molar-refractivity contribution in [3.63, 3.8) is 0 Å². The van der Waals surface area contributed by atoms with E-state index < -0.39 is 5.60 Å². The highest BCUT2D eigenvalue weighted by Crippen LogP contribution is 2.35. The molecular formula is C20H30FN3O3. The molecule has 2 aliphatic heterocycles. The van der Waals surface area contributed by atoms with Crippen LogP contribution in [-0.4, -0.2) is 56.0 Å². The molecule has 0 radical (unpaired) electrons. The van der Waals surface area contributed by atoms with E-state index in [1.807, 2.05) is 31.7 Å². The third kappa shape index (κ3) is 4.83. The lowest BCUT2D eigenvalue weighted by atomic mass is 9.89. The van der Waals surface area contributed by atoms with Gasteiger partial charge in [0.2, 0.25) is 0 Å². The van der Waals surface area contributed by atoms with Gasteiger partial charge in [-0.25, -0.2) is 9.18 Å². The van der Waals surface area contributed by atoms with Gasteiger partial charge in [-0.05, 0) is 57.2 Å². The van der Waals surface area contributed by atoms with Gasteiger partial charge in [-0.15, -0.1) is 0 Å². The van der Waals surface area contributed by atoms with E-state index in [2.05, 4.69) is 0 Å². The molecule has 2 saturated heterocycles. The molecule has 1 amide bonds. The summed E-state index contributed by atoms with van der Waals surface area (Å²) in [6, 6.07) is 3.50. The Morgan fingerprint density at radius 2 is 1.81 bits per heavy atom. The number of likely N-dealkylation sites (tertiary alicyclic amines) is 1. The van der Waals surface area contributed by atoms with Crippen LogP contribution in [0.25, 0.3) is 0 Å². The lowest BCUT2D eigenvalue weighted by molar-refractivity contribution is 0.0204. The molecule has 1 aromatic carbocycles. The average Bonchev–Trinajstić information content (AvgIpc) is 2.61. The molecule has 0 atom stereocenters. The molecule has 6 nitrogen and oxygen atoms in total. The smallest absolute Gasteiger partial charge is 0.410 e. The van der Waals surface area contributed by atoms with E-state index in [0.717, 1.165) is 18.4 Å². The zero-order chi connectivity index (χ0) is 19.6. The number of nitrogen functional groups attached to an aromatic ring is 1. The van der Waals surface area contributed by atoms with E-state index in [1.165, 1.54) is 0 Å². The summed E-state index contributed by atoms with van der Waals surface area (Å²) in [6.45, 7) is 9.26. The number of carbonyl (C=O) groups excluding carboxylic acids is 1. The number of nitrogens with zero attached hydrogens (tertiary/aromatic N) is 2. The molecule has 0 bridgehead atoms. The van der Waals surface area contributed by atoms with Crippen LogP contribution in [0, 0.1) is 5.82 Å². The number of anilines is 2. The summed E-state index contributed by atoms with van der Waals surface area (Å²) in [5.41, 5.74) is 7.56. The number of hydrogen-bond acceptors (Lipinski definition) is 5. The van der Waals surface area contributed by atoms with E-state index in [-0.39, 0.29) is 17.8 Å². The maximum absolute atomic E-state index is 14.8. The van der Waals surface area contributed by atoms with Gasteiger partial charge in [0, 0.05) is 26.2 Å². The molecule has 0 unspecified atom stereocenters. The second-order valence-corrected chi connectivity index (χ2v) is 8.28. The number of amides is 1. The standard InChI is InChI=1S/C20H30FN3O3/c1-20(2,3)27-19(25)24-6-4-14(5-7-24)15-12-16(21)18(17(22)13-15)23-8-10-26-11-9-23/h12-14H,4-11,22H2,1-3H3. The molecule has 150 valence electrons. The molecule has 0 saturated carbocycles. The average molecular weight is 379 g/mol. The van der Waals surface area contributed by atoms with Gasteiger partial charge >= 0.3 is 6.09 Å². The first kappa shape index (κ1) is 19.7. The first-order valence-electron chi connectivity index (χ1n) is 9.64. The minimum atomic E-state index is -0.499. The van der Waals surface area contributed by atoms with Crippen molar-refractivity contribution in [3.05, 3.63) is 23.5 Å². The van der Waals surface area contributed by atoms with Crippen LogP contribution < -0.4 is 10.6 Å². The summed E-state index contributed by atoms with van der Waals surface area (Å²) >= 11 is 0. The van der Waals surface area contributed by atoms with Crippen LogP contribution in [0.2, 0.25) is 0 Å². The van der Waals surface area contributed by atoms with Crippen molar-refractivity contribution in [1.29, 1.82) is 0 Å². The third-order valence-electron chi connectivity index (χ3n) is 5.06. The lowest BCUT2D eigenvalue weighted by Crippen LogP contribution is -2.41. The summed E-state index contributed by atoms with van der Waals surface area (Å²) < 4.78 is 25.6. The molecule has 0 spiro atoms. The number of rotatable bonds is 2. The van der Waals surface area contributed by atoms with E-state index >= 15 is 0 Å². The van der Waals surface area contributed by atoms with Gasteiger partial charge in [0.25, 0.3) is 0 Å². The third-order valence-corrected chi connectivity index (χ3v) is 5.06. The van der Waals surface area contributed by atoms with E-state index in [1.54, 1.807) is 11.0 Å². The van der Waals surface area contributed by atoms with Crippen LogP contribution in [0.5, 0.6) is 0 Å². The molecule has 2 aliphatic rings. The number of hydrogen-bond donors (Lipinski definition) is 1.